The van der Waals surface area contributed by atoms with E-state index in [9.17, 15) is 9.59 Å². The molecule has 1 aromatic rings. The normalized spacial score (nSPS) is 12.1. The van der Waals surface area contributed by atoms with Crippen LogP contribution >= 0.6 is 0 Å². The first kappa shape index (κ1) is 14.2. The van der Waals surface area contributed by atoms with Crippen LogP contribution in [0.15, 0.2) is 24.3 Å². The Labute approximate surface area is 107 Å². The van der Waals surface area contributed by atoms with Crippen LogP contribution < -0.4 is 5.32 Å². The van der Waals surface area contributed by atoms with Crippen LogP contribution in [0, 0.1) is 0 Å². The molecule has 0 fully saturated rings. The maximum Gasteiger partial charge on any atom is 0.333 e. The highest BCUT2D eigenvalue weighted by Gasteiger charge is 2.22. The first-order valence-electron chi connectivity index (χ1n) is 5.90. The highest BCUT2D eigenvalue weighted by molar-refractivity contribution is 5.84. The maximum absolute atomic E-state index is 11.6. The molecule has 0 aromatic heterocycles. The Balaban J connectivity index is 2.98. The predicted octanol–water partition coefficient (Wildman–Crippen LogP) is 2.16. The van der Waals surface area contributed by atoms with Crippen molar-refractivity contribution in [2.45, 2.75) is 32.7 Å². The van der Waals surface area contributed by atoms with E-state index in [1.807, 2.05) is 24.3 Å². The second-order valence-electron chi connectivity index (χ2n) is 4.48. The van der Waals surface area contributed by atoms with Gasteiger partial charge in [0.25, 0.3) is 0 Å². The van der Waals surface area contributed by atoms with Crippen molar-refractivity contribution in [1.82, 2.24) is 5.32 Å². The molecular formula is C14H19NO3. The van der Waals surface area contributed by atoms with Gasteiger partial charge in [0.05, 0.1) is 7.11 Å². The largest absolute Gasteiger partial charge is 0.467 e. The van der Waals surface area contributed by atoms with Crippen molar-refractivity contribution in [2.75, 3.05) is 7.11 Å². The number of nitrogens with one attached hydrogen (secondary N) is 1. The molecular weight excluding hydrogens is 230 g/mol. The van der Waals surface area contributed by atoms with Gasteiger partial charge in [0, 0.05) is 6.92 Å². The SMILES string of the molecule is COC(=O)C(NC(C)=O)c1ccc(C(C)C)cc1. The molecule has 1 aromatic carbocycles. The third kappa shape index (κ3) is 3.58. The second-order valence-corrected chi connectivity index (χ2v) is 4.48. The summed E-state index contributed by atoms with van der Waals surface area (Å²) in [7, 11) is 1.31. The first-order chi connectivity index (χ1) is 8.45. The van der Waals surface area contributed by atoms with Crippen LogP contribution in [0.5, 0.6) is 0 Å². The fraction of sp³-hybridized carbons (Fsp3) is 0.429. The summed E-state index contributed by atoms with van der Waals surface area (Å²) in [5, 5.41) is 2.58. The summed E-state index contributed by atoms with van der Waals surface area (Å²) in [5.41, 5.74) is 1.91. The molecule has 1 amide bonds. The van der Waals surface area contributed by atoms with Gasteiger partial charge in [-0.2, -0.15) is 0 Å². The number of hydrogen-bond donors (Lipinski definition) is 1. The number of ether oxygens (including phenoxy) is 1. The molecule has 0 saturated carbocycles. The van der Waals surface area contributed by atoms with Crippen LogP contribution in [-0.2, 0) is 14.3 Å². The number of benzene rings is 1. The molecule has 98 valence electrons. The molecule has 1 rings (SSSR count). The van der Waals surface area contributed by atoms with Gasteiger partial charge in [-0.15, -0.1) is 0 Å². The van der Waals surface area contributed by atoms with Gasteiger partial charge >= 0.3 is 5.97 Å². The van der Waals surface area contributed by atoms with Crippen molar-refractivity contribution < 1.29 is 14.3 Å². The minimum Gasteiger partial charge on any atom is -0.467 e. The summed E-state index contributed by atoms with van der Waals surface area (Å²) in [6.07, 6.45) is 0. The van der Waals surface area contributed by atoms with Crippen molar-refractivity contribution in [1.29, 1.82) is 0 Å². The van der Waals surface area contributed by atoms with E-state index in [4.69, 9.17) is 4.74 Å². The Morgan fingerprint density at radius 1 is 1.11 bits per heavy atom. The van der Waals surface area contributed by atoms with Crippen molar-refractivity contribution in [3.05, 3.63) is 35.4 Å². The zero-order chi connectivity index (χ0) is 13.7. The van der Waals surface area contributed by atoms with Crippen molar-refractivity contribution in [3.8, 4) is 0 Å². The van der Waals surface area contributed by atoms with Crippen LogP contribution in [0.1, 0.15) is 43.9 Å². The first-order valence-corrected chi connectivity index (χ1v) is 5.90. The molecule has 18 heavy (non-hydrogen) atoms. The monoisotopic (exact) mass is 249 g/mol. The summed E-state index contributed by atoms with van der Waals surface area (Å²) in [5.74, 6) is -0.308. The van der Waals surface area contributed by atoms with Gasteiger partial charge in [0.2, 0.25) is 5.91 Å². The van der Waals surface area contributed by atoms with Crippen LogP contribution in [0.25, 0.3) is 0 Å². The van der Waals surface area contributed by atoms with Gasteiger partial charge in [-0.1, -0.05) is 38.1 Å². The van der Waals surface area contributed by atoms with Crippen LogP contribution in [0.4, 0.5) is 0 Å². The lowest BCUT2D eigenvalue weighted by Gasteiger charge is -2.16. The molecule has 0 aliphatic carbocycles. The predicted molar refractivity (Wildman–Crippen MR) is 69.1 cm³/mol. The molecule has 1 N–H and O–H groups in total. The summed E-state index contributed by atoms with van der Waals surface area (Å²) in [6.45, 7) is 5.57. The molecule has 0 spiro atoms. The minimum absolute atomic E-state index is 0.265. The van der Waals surface area contributed by atoms with E-state index < -0.39 is 12.0 Å². The molecule has 0 bridgehead atoms. The number of carbonyl (C=O) groups excluding carboxylic acids is 2. The fourth-order valence-corrected chi connectivity index (χ4v) is 1.67. The molecule has 0 radical (unpaired) electrons. The van der Waals surface area contributed by atoms with Gasteiger partial charge in [0.15, 0.2) is 6.04 Å². The third-order valence-corrected chi connectivity index (χ3v) is 2.72. The average molecular weight is 249 g/mol. The number of esters is 1. The van der Waals surface area contributed by atoms with Crippen molar-refractivity contribution >= 4 is 11.9 Å². The molecule has 1 unspecified atom stereocenters. The third-order valence-electron chi connectivity index (χ3n) is 2.72. The van der Waals surface area contributed by atoms with E-state index in [0.29, 0.717) is 5.92 Å². The molecule has 4 heteroatoms. The lowest BCUT2D eigenvalue weighted by molar-refractivity contribution is -0.145. The standard InChI is InChI=1S/C14H19NO3/c1-9(2)11-5-7-12(8-6-11)13(14(17)18-4)15-10(3)16/h5-9,13H,1-4H3,(H,15,16). The Bertz CT molecular complexity index is 423. The average Bonchev–Trinajstić information content (AvgIpc) is 2.35. The van der Waals surface area contributed by atoms with E-state index >= 15 is 0 Å². The summed E-state index contributed by atoms with van der Waals surface area (Å²) in [4.78, 5) is 22.7. The Hall–Kier alpha value is -1.84. The Morgan fingerprint density at radius 2 is 1.61 bits per heavy atom. The zero-order valence-electron chi connectivity index (χ0n) is 11.2. The van der Waals surface area contributed by atoms with Gasteiger partial charge in [-0.25, -0.2) is 4.79 Å². The lowest BCUT2D eigenvalue weighted by atomic mass is 9.99. The van der Waals surface area contributed by atoms with Crippen molar-refractivity contribution in [3.63, 3.8) is 0 Å². The van der Waals surface area contributed by atoms with Gasteiger partial charge in [0.1, 0.15) is 0 Å². The Kier molecular flexibility index (Phi) is 4.89. The Morgan fingerprint density at radius 3 is 2.00 bits per heavy atom. The molecule has 0 saturated heterocycles. The number of carbonyl (C=O) groups is 2. The minimum atomic E-state index is -0.742. The summed E-state index contributed by atoms with van der Waals surface area (Å²) in [6, 6.07) is 6.85. The molecule has 0 aliphatic rings. The summed E-state index contributed by atoms with van der Waals surface area (Å²) < 4.78 is 4.69. The number of methoxy groups -OCH3 is 1. The van der Waals surface area contributed by atoms with E-state index in [-0.39, 0.29) is 5.91 Å². The van der Waals surface area contributed by atoms with Gasteiger partial charge in [-0.05, 0) is 17.0 Å². The van der Waals surface area contributed by atoms with E-state index in [0.717, 1.165) is 5.56 Å². The lowest BCUT2D eigenvalue weighted by Crippen LogP contribution is -2.32. The van der Waals surface area contributed by atoms with Crippen molar-refractivity contribution in [2.24, 2.45) is 0 Å². The number of hydrogen-bond acceptors (Lipinski definition) is 3. The quantitative estimate of drug-likeness (QED) is 0.832. The topological polar surface area (TPSA) is 55.4 Å². The van der Waals surface area contributed by atoms with E-state index in [2.05, 4.69) is 19.2 Å². The molecule has 0 aliphatic heterocycles. The number of amides is 1. The van der Waals surface area contributed by atoms with E-state index in [1.54, 1.807) is 0 Å². The smallest absolute Gasteiger partial charge is 0.333 e. The highest BCUT2D eigenvalue weighted by Crippen LogP contribution is 2.19. The maximum atomic E-state index is 11.6. The second kappa shape index (κ2) is 6.19. The summed E-state index contributed by atoms with van der Waals surface area (Å²) >= 11 is 0. The fourth-order valence-electron chi connectivity index (χ4n) is 1.67. The van der Waals surface area contributed by atoms with Crippen LogP contribution in [-0.4, -0.2) is 19.0 Å². The highest BCUT2D eigenvalue weighted by atomic mass is 16.5. The number of rotatable bonds is 4. The zero-order valence-corrected chi connectivity index (χ0v) is 11.2. The van der Waals surface area contributed by atoms with Gasteiger partial charge < -0.3 is 10.1 Å². The van der Waals surface area contributed by atoms with Gasteiger partial charge in [-0.3, -0.25) is 4.79 Å². The van der Waals surface area contributed by atoms with E-state index in [1.165, 1.54) is 19.6 Å². The molecule has 1 atom stereocenters. The molecule has 0 heterocycles. The van der Waals surface area contributed by atoms with Crippen LogP contribution in [0.3, 0.4) is 0 Å². The molecule has 4 nitrogen and oxygen atoms in total. The van der Waals surface area contributed by atoms with Crippen LogP contribution in [0.2, 0.25) is 0 Å².